The third kappa shape index (κ3) is 6.04. The van der Waals surface area contributed by atoms with Crippen molar-refractivity contribution in [1.29, 1.82) is 0 Å². The summed E-state index contributed by atoms with van der Waals surface area (Å²) < 4.78 is 10.4. The number of methoxy groups -OCH3 is 1. The Bertz CT molecular complexity index is 409. The van der Waals surface area contributed by atoms with Gasteiger partial charge in [-0.1, -0.05) is 31.1 Å². The lowest BCUT2D eigenvalue weighted by molar-refractivity contribution is -0.134. The number of esters is 1. The van der Waals surface area contributed by atoms with E-state index in [1.165, 1.54) is 12.7 Å². The lowest BCUT2D eigenvalue weighted by Crippen LogP contribution is -2.07. The van der Waals surface area contributed by atoms with E-state index >= 15 is 0 Å². The molecule has 0 radical (unpaired) electrons. The molecule has 1 aliphatic rings. The SMILES string of the molecule is CC/C(=C\CC/C(C)=C/C(=O)OC)CC[C@@H]1OC1(C)CC. The molecule has 3 heteroatoms. The number of carbonyl (C=O) groups is 1. The summed E-state index contributed by atoms with van der Waals surface area (Å²) in [6.07, 6.45) is 10.7. The van der Waals surface area contributed by atoms with E-state index in [4.69, 9.17) is 4.74 Å². The Labute approximate surface area is 129 Å². The van der Waals surface area contributed by atoms with Crippen LogP contribution in [0.15, 0.2) is 23.3 Å². The first kappa shape index (κ1) is 18.0. The first-order chi connectivity index (χ1) is 9.95. The van der Waals surface area contributed by atoms with Gasteiger partial charge in [0, 0.05) is 6.08 Å². The molecule has 0 aliphatic carbocycles. The Morgan fingerprint density at radius 2 is 2.05 bits per heavy atom. The van der Waals surface area contributed by atoms with E-state index in [9.17, 15) is 4.79 Å². The fourth-order valence-corrected chi connectivity index (χ4v) is 2.54. The molecular weight excluding hydrogens is 264 g/mol. The summed E-state index contributed by atoms with van der Waals surface area (Å²) in [6.45, 7) is 8.57. The average Bonchev–Trinajstić information content (AvgIpc) is 3.13. The second kappa shape index (κ2) is 8.38. The number of rotatable bonds is 9. The van der Waals surface area contributed by atoms with E-state index < -0.39 is 0 Å². The maximum absolute atomic E-state index is 11.1. The number of ether oxygens (including phenoxy) is 2. The van der Waals surface area contributed by atoms with Gasteiger partial charge in [-0.3, -0.25) is 0 Å². The average molecular weight is 294 g/mol. The first-order valence-corrected chi connectivity index (χ1v) is 8.06. The Hall–Kier alpha value is -1.09. The molecule has 1 saturated heterocycles. The minimum absolute atomic E-state index is 0.138. The highest BCUT2D eigenvalue weighted by Gasteiger charge is 2.49. The van der Waals surface area contributed by atoms with E-state index in [1.54, 1.807) is 6.08 Å². The fourth-order valence-electron chi connectivity index (χ4n) is 2.54. The van der Waals surface area contributed by atoms with Crippen molar-refractivity contribution in [3.8, 4) is 0 Å². The normalized spacial score (nSPS) is 25.9. The van der Waals surface area contributed by atoms with Gasteiger partial charge < -0.3 is 9.47 Å². The van der Waals surface area contributed by atoms with Gasteiger partial charge in [-0.15, -0.1) is 0 Å². The van der Waals surface area contributed by atoms with Gasteiger partial charge in [0.1, 0.15) is 0 Å². The zero-order valence-electron chi connectivity index (χ0n) is 14.2. The van der Waals surface area contributed by atoms with Crippen LogP contribution in [-0.4, -0.2) is 24.8 Å². The lowest BCUT2D eigenvalue weighted by atomic mass is 9.97. The van der Waals surface area contributed by atoms with Crippen molar-refractivity contribution in [2.24, 2.45) is 0 Å². The highest BCUT2D eigenvalue weighted by atomic mass is 16.6. The van der Waals surface area contributed by atoms with Crippen LogP contribution in [0.4, 0.5) is 0 Å². The largest absolute Gasteiger partial charge is 0.466 e. The van der Waals surface area contributed by atoms with E-state index in [1.807, 2.05) is 6.92 Å². The quantitative estimate of drug-likeness (QED) is 0.270. The van der Waals surface area contributed by atoms with Crippen molar-refractivity contribution >= 4 is 5.97 Å². The third-order valence-corrected chi connectivity index (χ3v) is 4.46. The van der Waals surface area contributed by atoms with Crippen LogP contribution >= 0.6 is 0 Å². The van der Waals surface area contributed by atoms with Gasteiger partial charge >= 0.3 is 5.97 Å². The second-order valence-corrected chi connectivity index (χ2v) is 6.08. The number of allylic oxidation sites excluding steroid dienone is 3. The standard InChI is InChI=1S/C18H30O3/c1-6-15(11-12-16-18(4,7-2)21-16)10-8-9-14(3)13-17(19)20-5/h10,13,16H,6-9,11-12H2,1-5H3/b14-13+,15-10+/t16-,18?/m0/s1. The maximum atomic E-state index is 11.1. The van der Waals surface area contributed by atoms with E-state index in [-0.39, 0.29) is 11.6 Å². The van der Waals surface area contributed by atoms with E-state index in [0.717, 1.165) is 44.1 Å². The monoisotopic (exact) mass is 294 g/mol. The zero-order chi connectivity index (χ0) is 15.9. The second-order valence-electron chi connectivity index (χ2n) is 6.08. The van der Waals surface area contributed by atoms with Crippen molar-refractivity contribution in [1.82, 2.24) is 0 Å². The van der Waals surface area contributed by atoms with Gasteiger partial charge in [0.2, 0.25) is 0 Å². The highest BCUT2D eigenvalue weighted by molar-refractivity contribution is 5.82. The fraction of sp³-hybridized carbons (Fsp3) is 0.722. The highest BCUT2D eigenvalue weighted by Crippen LogP contribution is 2.42. The number of hydrogen-bond donors (Lipinski definition) is 0. The first-order valence-electron chi connectivity index (χ1n) is 8.06. The Morgan fingerprint density at radius 1 is 1.33 bits per heavy atom. The van der Waals surface area contributed by atoms with Crippen LogP contribution in [0.2, 0.25) is 0 Å². The Kier molecular flexibility index (Phi) is 7.16. The molecule has 0 bridgehead atoms. The molecule has 3 nitrogen and oxygen atoms in total. The summed E-state index contributed by atoms with van der Waals surface area (Å²) in [4.78, 5) is 11.1. The topological polar surface area (TPSA) is 38.8 Å². The minimum Gasteiger partial charge on any atom is -0.466 e. The van der Waals surface area contributed by atoms with Crippen LogP contribution < -0.4 is 0 Å². The molecule has 1 rings (SSSR count). The molecule has 0 aromatic rings. The number of epoxide rings is 1. The van der Waals surface area contributed by atoms with E-state index in [0.29, 0.717) is 6.10 Å². The van der Waals surface area contributed by atoms with E-state index in [2.05, 4.69) is 31.6 Å². The van der Waals surface area contributed by atoms with Crippen molar-refractivity contribution in [2.75, 3.05) is 7.11 Å². The third-order valence-electron chi connectivity index (χ3n) is 4.46. The molecule has 0 spiro atoms. The van der Waals surface area contributed by atoms with Crippen LogP contribution in [0.1, 0.15) is 66.2 Å². The molecule has 1 heterocycles. The van der Waals surface area contributed by atoms with Crippen LogP contribution in [0, 0.1) is 0 Å². The van der Waals surface area contributed by atoms with Gasteiger partial charge in [0.25, 0.3) is 0 Å². The molecule has 1 fully saturated rings. The predicted octanol–water partition coefficient (Wildman–Crippen LogP) is 4.57. The smallest absolute Gasteiger partial charge is 0.330 e. The molecule has 1 aliphatic heterocycles. The van der Waals surface area contributed by atoms with Gasteiger partial charge in [-0.05, 0) is 52.4 Å². The molecular formula is C18H30O3. The number of carbonyl (C=O) groups excluding carboxylic acids is 1. The van der Waals surface area contributed by atoms with Crippen molar-refractivity contribution in [3.63, 3.8) is 0 Å². The summed E-state index contributed by atoms with van der Waals surface area (Å²) in [6, 6.07) is 0. The van der Waals surface area contributed by atoms with Crippen LogP contribution in [-0.2, 0) is 14.3 Å². The molecule has 2 atom stereocenters. The molecule has 0 amide bonds. The van der Waals surface area contributed by atoms with Crippen molar-refractivity contribution in [2.45, 2.75) is 77.9 Å². The summed E-state index contributed by atoms with van der Waals surface area (Å²) in [5, 5.41) is 0. The van der Waals surface area contributed by atoms with Crippen molar-refractivity contribution in [3.05, 3.63) is 23.3 Å². The summed E-state index contributed by atoms with van der Waals surface area (Å²) in [5.74, 6) is -0.267. The predicted molar refractivity (Wildman–Crippen MR) is 86.2 cm³/mol. The van der Waals surface area contributed by atoms with Gasteiger partial charge in [-0.2, -0.15) is 0 Å². The molecule has 0 N–H and O–H groups in total. The maximum Gasteiger partial charge on any atom is 0.330 e. The van der Waals surface area contributed by atoms with Crippen molar-refractivity contribution < 1.29 is 14.3 Å². The van der Waals surface area contributed by atoms with Crippen LogP contribution in [0.3, 0.4) is 0 Å². The Morgan fingerprint density at radius 3 is 2.57 bits per heavy atom. The molecule has 1 unspecified atom stereocenters. The summed E-state index contributed by atoms with van der Waals surface area (Å²) in [7, 11) is 1.41. The minimum atomic E-state index is -0.267. The molecule has 0 aromatic heterocycles. The molecule has 120 valence electrons. The molecule has 21 heavy (non-hydrogen) atoms. The van der Waals surface area contributed by atoms with Crippen LogP contribution in [0.5, 0.6) is 0 Å². The summed E-state index contributed by atoms with van der Waals surface area (Å²) in [5.41, 5.74) is 2.70. The number of hydrogen-bond acceptors (Lipinski definition) is 3. The Balaban J connectivity index is 2.32. The van der Waals surface area contributed by atoms with Gasteiger partial charge in [0.05, 0.1) is 18.8 Å². The lowest BCUT2D eigenvalue weighted by Gasteiger charge is -2.05. The van der Waals surface area contributed by atoms with Gasteiger partial charge in [0.15, 0.2) is 0 Å². The zero-order valence-corrected chi connectivity index (χ0v) is 14.2. The van der Waals surface area contributed by atoms with Gasteiger partial charge in [-0.25, -0.2) is 4.79 Å². The van der Waals surface area contributed by atoms with Crippen LogP contribution in [0.25, 0.3) is 0 Å². The molecule has 0 saturated carbocycles. The molecule has 0 aromatic carbocycles. The summed E-state index contributed by atoms with van der Waals surface area (Å²) >= 11 is 0.